The van der Waals surface area contributed by atoms with E-state index in [0.29, 0.717) is 6.07 Å². The van der Waals surface area contributed by atoms with Crippen LogP contribution in [0.5, 0.6) is 11.6 Å². The van der Waals surface area contributed by atoms with Crippen molar-refractivity contribution in [2.24, 2.45) is 0 Å². The van der Waals surface area contributed by atoms with Gasteiger partial charge >= 0.3 is 6.18 Å². The van der Waals surface area contributed by atoms with E-state index in [1.54, 1.807) is 0 Å². The molecule has 100 valence electrons. The van der Waals surface area contributed by atoms with E-state index in [1.807, 2.05) is 0 Å². The summed E-state index contributed by atoms with van der Waals surface area (Å²) in [6.45, 7) is 0. The van der Waals surface area contributed by atoms with Gasteiger partial charge in [0.2, 0.25) is 11.8 Å². The van der Waals surface area contributed by atoms with Crippen LogP contribution in [0.15, 0.2) is 30.3 Å². The molecule has 0 radical (unpaired) electrons. The van der Waals surface area contributed by atoms with Crippen LogP contribution in [-0.2, 0) is 6.18 Å². The monoisotopic (exact) mass is 273 g/mol. The molecule has 0 fully saturated rings. The van der Waals surface area contributed by atoms with E-state index in [-0.39, 0.29) is 5.75 Å². The molecule has 2 rings (SSSR count). The molecule has 4 nitrogen and oxygen atoms in total. The minimum Gasteiger partial charge on any atom is -0.436 e. The first kappa shape index (κ1) is 13.1. The van der Waals surface area contributed by atoms with Gasteiger partial charge in [-0.25, -0.2) is 9.37 Å². The maximum absolute atomic E-state index is 13.3. The first-order valence-electron chi connectivity index (χ1n) is 5.00. The zero-order valence-electron chi connectivity index (χ0n) is 9.28. The topological polar surface area (TPSA) is 61.0 Å². The van der Waals surface area contributed by atoms with Gasteiger partial charge < -0.3 is 10.5 Å². The lowest BCUT2D eigenvalue weighted by Gasteiger charge is -2.09. The van der Waals surface area contributed by atoms with Gasteiger partial charge in [0.1, 0.15) is 0 Å². The molecule has 0 aliphatic heterocycles. The van der Waals surface area contributed by atoms with Crippen molar-refractivity contribution < 1.29 is 22.3 Å². The number of nitrogens with two attached hydrogens (primary N) is 1. The molecule has 2 aromatic rings. The number of para-hydroxylation sites is 1. The predicted octanol–water partition coefficient (Wildman–Crippen LogP) is 3.01. The van der Waals surface area contributed by atoms with Gasteiger partial charge in [-0.2, -0.15) is 18.2 Å². The van der Waals surface area contributed by atoms with Crippen LogP contribution in [0.4, 0.5) is 23.5 Å². The van der Waals surface area contributed by atoms with Crippen LogP contribution in [0.2, 0.25) is 0 Å². The Morgan fingerprint density at radius 2 is 1.79 bits per heavy atom. The number of ether oxygens (including phenoxy) is 1. The maximum Gasteiger partial charge on any atom is 0.433 e. The van der Waals surface area contributed by atoms with Crippen LogP contribution in [0.3, 0.4) is 0 Å². The fraction of sp³-hybridized carbons (Fsp3) is 0.0909. The quantitative estimate of drug-likeness (QED) is 0.854. The molecule has 1 aromatic heterocycles. The second-order valence-corrected chi connectivity index (χ2v) is 3.48. The maximum atomic E-state index is 13.3. The highest BCUT2D eigenvalue weighted by molar-refractivity contribution is 5.32. The van der Waals surface area contributed by atoms with Crippen LogP contribution < -0.4 is 10.5 Å². The Balaban J connectivity index is 2.36. The first-order valence-corrected chi connectivity index (χ1v) is 5.00. The second kappa shape index (κ2) is 4.71. The van der Waals surface area contributed by atoms with Gasteiger partial charge in [-0.1, -0.05) is 12.1 Å². The summed E-state index contributed by atoms with van der Waals surface area (Å²) in [6, 6.07) is 5.78. The molecule has 0 aliphatic rings. The van der Waals surface area contributed by atoms with Crippen molar-refractivity contribution in [2.75, 3.05) is 5.73 Å². The Morgan fingerprint density at radius 3 is 2.42 bits per heavy atom. The minimum absolute atomic E-state index is 0.256. The summed E-state index contributed by atoms with van der Waals surface area (Å²) in [7, 11) is 0. The van der Waals surface area contributed by atoms with Crippen molar-refractivity contribution in [1.29, 1.82) is 0 Å². The molecule has 2 N–H and O–H groups in total. The summed E-state index contributed by atoms with van der Waals surface area (Å²) in [5.41, 5.74) is 3.89. The minimum atomic E-state index is -4.69. The number of hydrogen-bond donors (Lipinski definition) is 1. The fourth-order valence-electron chi connectivity index (χ4n) is 1.28. The molecule has 0 saturated carbocycles. The number of rotatable bonds is 2. The molecule has 0 unspecified atom stereocenters. The highest BCUT2D eigenvalue weighted by Crippen LogP contribution is 2.31. The smallest absolute Gasteiger partial charge is 0.433 e. The van der Waals surface area contributed by atoms with Crippen LogP contribution in [-0.4, -0.2) is 9.97 Å². The van der Waals surface area contributed by atoms with Crippen molar-refractivity contribution in [2.45, 2.75) is 6.18 Å². The number of nitrogens with zero attached hydrogens (tertiary/aromatic N) is 2. The van der Waals surface area contributed by atoms with Crippen molar-refractivity contribution in [3.8, 4) is 11.6 Å². The average molecular weight is 273 g/mol. The molecular formula is C11H7F4N3O. The number of anilines is 1. The van der Waals surface area contributed by atoms with Gasteiger partial charge in [0.05, 0.1) is 0 Å². The van der Waals surface area contributed by atoms with Crippen LogP contribution in [0.25, 0.3) is 0 Å². The van der Waals surface area contributed by atoms with Crippen LogP contribution in [0.1, 0.15) is 5.69 Å². The molecule has 8 heteroatoms. The lowest BCUT2D eigenvalue weighted by atomic mass is 10.3. The van der Waals surface area contributed by atoms with Crippen molar-refractivity contribution in [3.05, 3.63) is 41.8 Å². The summed E-state index contributed by atoms with van der Waals surface area (Å²) in [5.74, 6) is -2.08. The Hall–Kier alpha value is -2.38. The lowest BCUT2D eigenvalue weighted by molar-refractivity contribution is -0.141. The van der Waals surface area contributed by atoms with E-state index < -0.39 is 29.5 Å². The van der Waals surface area contributed by atoms with E-state index >= 15 is 0 Å². The van der Waals surface area contributed by atoms with Gasteiger partial charge in [0, 0.05) is 6.07 Å². The lowest BCUT2D eigenvalue weighted by Crippen LogP contribution is -2.11. The molecule has 0 spiro atoms. The largest absolute Gasteiger partial charge is 0.436 e. The van der Waals surface area contributed by atoms with E-state index in [2.05, 4.69) is 9.97 Å². The predicted molar refractivity (Wildman–Crippen MR) is 57.9 cm³/mol. The van der Waals surface area contributed by atoms with Gasteiger partial charge in [0.25, 0.3) is 0 Å². The van der Waals surface area contributed by atoms with E-state index in [4.69, 9.17) is 10.5 Å². The van der Waals surface area contributed by atoms with E-state index in [0.717, 1.165) is 6.07 Å². The molecule has 0 bridgehead atoms. The number of halogens is 4. The third-order valence-electron chi connectivity index (χ3n) is 2.06. The Kier molecular flexibility index (Phi) is 3.24. The van der Waals surface area contributed by atoms with Crippen LogP contribution in [0, 0.1) is 5.82 Å². The average Bonchev–Trinajstić information content (AvgIpc) is 2.30. The Morgan fingerprint density at radius 1 is 1.11 bits per heavy atom. The van der Waals surface area contributed by atoms with Gasteiger partial charge in [0.15, 0.2) is 17.3 Å². The molecule has 0 atom stereocenters. The molecule has 0 amide bonds. The summed E-state index contributed by atoms with van der Waals surface area (Å²) in [6.07, 6.45) is -4.69. The summed E-state index contributed by atoms with van der Waals surface area (Å²) < 4.78 is 55.7. The number of benzene rings is 1. The summed E-state index contributed by atoms with van der Waals surface area (Å²) >= 11 is 0. The Bertz CT molecular complexity index is 601. The van der Waals surface area contributed by atoms with Crippen molar-refractivity contribution in [3.63, 3.8) is 0 Å². The number of alkyl halides is 3. The van der Waals surface area contributed by atoms with E-state index in [1.165, 1.54) is 18.2 Å². The number of aromatic nitrogens is 2. The highest BCUT2D eigenvalue weighted by Gasteiger charge is 2.33. The van der Waals surface area contributed by atoms with Crippen molar-refractivity contribution in [1.82, 2.24) is 9.97 Å². The number of hydrogen-bond acceptors (Lipinski definition) is 4. The number of nitrogen functional groups attached to an aromatic ring is 1. The fourth-order valence-corrected chi connectivity index (χ4v) is 1.28. The Labute approximate surface area is 104 Å². The normalized spacial score (nSPS) is 11.4. The van der Waals surface area contributed by atoms with Gasteiger partial charge in [-0.3, -0.25) is 0 Å². The third kappa shape index (κ3) is 3.09. The molecule has 0 saturated heterocycles. The molecule has 19 heavy (non-hydrogen) atoms. The highest BCUT2D eigenvalue weighted by atomic mass is 19.4. The third-order valence-corrected chi connectivity index (χ3v) is 2.06. The van der Waals surface area contributed by atoms with Gasteiger partial charge in [-0.05, 0) is 12.1 Å². The standard InChI is InChI=1S/C11H7F4N3O/c12-6-3-1-2-4-7(6)19-9-5-8(11(13,14)15)17-10(16)18-9/h1-5H,(H2,16,17,18). The summed E-state index contributed by atoms with van der Waals surface area (Å²) in [5, 5.41) is 0. The summed E-state index contributed by atoms with van der Waals surface area (Å²) in [4.78, 5) is 6.50. The zero-order valence-corrected chi connectivity index (χ0v) is 9.28. The molecule has 1 heterocycles. The second-order valence-electron chi connectivity index (χ2n) is 3.48. The zero-order chi connectivity index (χ0) is 14.0. The van der Waals surface area contributed by atoms with Gasteiger partial charge in [-0.15, -0.1) is 0 Å². The molecular weight excluding hydrogens is 266 g/mol. The molecule has 0 aliphatic carbocycles. The first-order chi connectivity index (χ1) is 8.86. The van der Waals surface area contributed by atoms with Crippen molar-refractivity contribution >= 4 is 5.95 Å². The van der Waals surface area contributed by atoms with Crippen LogP contribution >= 0.6 is 0 Å². The van der Waals surface area contributed by atoms with E-state index in [9.17, 15) is 17.6 Å². The SMILES string of the molecule is Nc1nc(Oc2ccccc2F)cc(C(F)(F)F)n1. The molecule has 1 aromatic carbocycles.